The standard InChI is InChI=1S/C13H21NO3S/c1-11(18(15,16)10-6-9-17-2)13(14)12-7-4-3-5-8-12/h3-5,7-8,11,13H,6,9-10,14H2,1-2H3. The normalized spacial score (nSPS) is 15.3. The van der Waals surface area contributed by atoms with Crippen molar-refractivity contribution in [2.24, 2.45) is 5.73 Å². The molecule has 0 amide bonds. The highest BCUT2D eigenvalue weighted by Crippen LogP contribution is 2.20. The zero-order chi connectivity index (χ0) is 13.6. The Bertz CT molecular complexity index is 445. The van der Waals surface area contributed by atoms with Gasteiger partial charge in [-0.05, 0) is 18.9 Å². The van der Waals surface area contributed by atoms with Gasteiger partial charge in [0.2, 0.25) is 0 Å². The second-order valence-electron chi connectivity index (χ2n) is 4.35. The maximum atomic E-state index is 12.1. The van der Waals surface area contributed by atoms with E-state index in [1.54, 1.807) is 14.0 Å². The van der Waals surface area contributed by atoms with Crippen molar-refractivity contribution in [1.82, 2.24) is 0 Å². The van der Waals surface area contributed by atoms with Gasteiger partial charge in [-0.15, -0.1) is 0 Å². The predicted molar refractivity (Wildman–Crippen MR) is 73.1 cm³/mol. The molecule has 0 fully saturated rings. The van der Waals surface area contributed by atoms with Crippen molar-refractivity contribution in [1.29, 1.82) is 0 Å². The molecule has 0 radical (unpaired) electrons. The molecule has 0 heterocycles. The summed E-state index contributed by atoms with van der Waals surface area (Å²) >= 11 is 0. The lowest BCUT2D eigenvalue weighted by Gasteiger charge is -2.20. The number of ether oxygens (including phenoxy) is 1. The van der Waals surface area contributed by atoms with E-state index in [2.05, 4.69) is 0 Å². The second kappa shape index (κ2) is 6.87. The molecule has 2 unspecified atom stereocenters. The van der Waals surface area contributed by atoms with E-state index in [0.29, 0.717) is 13.0 Å². The Kier molecular flexibility index (Phi) is 5.78. The minimum absolute atomic E-state index is 0.114. The van der Waals surface area contributed by atoms with Crippen molar-refractivity contribution in [2.45, 2.75) is 24.6 Å². The van der Waals surface area contributed by atoms with Crippen molar-refractivity contribution in [3.05, 3.63) is 35.9 Å². The third-order valence-corrected chi connectivity index (χ3v) is 5.32. The Morgan fingerprint density at radius 3 is 2.44 bits per heavy atom. The van der Waals surface area contributed by atoms with Crippen LogP contribution in [0.25, 0.3) is 0 Å². The van der Waals surface area contributed by atoms with Crippen LogP contribution in [0.4, 0.5) is 0 Å². The Labute approximate surface area is 109 Å². The SMILES string of the molecule is COCCCS(=O)(=O)C(C)C(N)c1ccccc1. The Morgan fingerprint density at radius 1 is 1.28 bits per heavy atom. The van der Waals surface area contributed by atoms with Crippen LogP contribution in [0, 0.1) is 0 Å². The molecule has 0 aromatic heterocycles. The highest BCUT2D eigenvalue weighted by molar-refractivity contribution is 7.92. The minimum Gasteiger partial charge on any atom is -0.385 e. The molecule has 102 valence electrons. The number of benzene rings is 1. The van der Waals surface area contributed by atoms with Crippen LogP contribution in [0.2, 0.25) is 0 Å². The van der Waals surface area contributed by atoms with Crippen molar-refractivity contribution < 1.29 is 13.2 Å². The quantitative estimate of drug-likeness (QED) is 0.763. The smallest absolute Gasteiger partial charge is 0.154 e. The van der Waals surface area contributed by atoms with Gasteiger partial charge in [0, 0.05) is 19.8 Å². The summed E-state index contributed by atoms with van der Waals surface area (Å²) in [5.74, 6) is 0.114. The first-order valence-corrected chi connectivity index (χ1v) is 7.71. The molecule has 1 aromatic carbocycles. The van der Waals surface area contributed by atoms with Crippen LogP contribution in [-0.2, 0) is 14.6 Å². The molecule has 0 saturated carbocycles. The van der Waals surface area contributed by atoms with E-state index in [0.717, 1.165) is 5.56 Å². The summed E-state index contributed by atoms with van der Waals surface area (Å²) in [6, 6.07) is 8.82. The lowest BCUT2D eigenvalue weighted by molar-refractivity contribution is 0.199. The fraction of sp³-hybridized carbons (Fsp3) is 0.538. The molecule has 1 rings (SSSR count). The first kappa shape index (κ1) is 15.1. The highest BCUT2D eigenvalue weighted by Gasteiger charge is 2.27. The molecule has 0 bridgehead atoms. The maximum Gasteiger partial charge on any atom is 0.154 e. The number of rotatable bonds is 7. The molecule has 0 aliphatic rings. The molecule has 0 aliphatic carbocycles. The van der Waals surface area contributed by atoms with Crippen LogP contribution in [0.3, 0.4) is 0 Å². The van der Waals surface area contributed by atoms with Crippen LogP contribution in [0.5, 0.6) is 0 Å². The summed E-state index contributed by atoms with van der Waals surface area (Å²) in [5, 5.41) is -0.586. The first-order chi connectivity index (χ1) is 8.49. The van der Waals surface area contributed by atoms with Gasteiger partial charge in [0.15, 0.2) is 9.84 Å². The number of hydrogen-bond donors (Lipinski definition) is 1. The Hall–Kier alpha value is -0.910. The van der Waals surface area contributed by atoms with Gasteiger partial charge < -0.3 is 10.5 Å². The summed E-state index contributed by atoms with van der Waals surface area (Å²) in [5.41, 5.74) is 6.87. The van der Waals surface area contributed by atoms with Gasteiger partial charge in [-0.2, -0.15) is 0 Å². The van der Waals surface area contributed by atoms with E-state index in [9.17, 15) is 8.42 Å². The second-order valence-corrected chi connectivity index (χ2v) is 6.83. The van der Waals surface area contributed by atoms with Crippen molar-refractivity contribution in [3.8, 4) is 0 Å². The zero-order valence-corrected chi connectivity index (χ0v) is 11.7. The molecule has 0 spiro atoms. The van der Waals surface area contributed by atoms with E-state index in [1.165, 1.54) is 0 Å². The monoisotopic (exact) mass is 271 g/mol. The van der Waals surface area contributed by atoms with E-state index >= 15 is 0 Å². The summed E-state index contributed by atoms with van der Waals surface area (Å²) in [6.45, 7) is 2.12. The van der Waals surface area contributed by atoms with E-state index in [1.807, 2.05) is 30.3 Å². The number of hydrogen-bond acceptors (Lipinski definition) is 4. The third kappa shape index (κ3) is 4.08. The van der Waals surface area contributed by atoms with Crippen molar-refractivity contribution in [3.63, 3.8) is 0 Å². The lowest BCUT2D eigenvalue weighted by Crippen LogP contribution is -2.33. The fourth-order valence-corrected chi connectivity index (χ4v) is 3.26. The third-order valence-electron chi connectivity index (χ3n) is 3.03. The average Bonchev–Trinajstić information content (AvgIpc) is 2.38. The van der Waals surface area contributed by atoms with Gasteiger partial charge in [0.05, 0.1) is 11.0 Å². The lowest BCUT2D eigenvalue weighted by atomic mass is 10.1. The van der Waals surface area contributed by atoms with Gasteiger partial charge in [-0.25, -0.2) is 8.42 Å². The van der Waals surface area contributed by atoms with E-state index in [-0.39, 0.29) is 5.75 Å². The molecule has 5 heteroatoms. The molecule has 1 aromatic rings. The van der Waals surface area contributed by atoms with E-state index in [4.69, 9.17) is 10.5 Å². The molecular formula is C13H21NO3S. The van der Waals surface area contributed by atoms with Gasteiger partial charge >= 0.3 is 0 Å². The molecule has 0 saturated heterocycles. The predicted octanol–water partition coefficient (Wildman–Crippen LogP) is 1.53. The largest absolute Gasteiger partial charge is 0.385 e. The molecule has 0 aliphatic heterocycles. The summed E-state index contributed by atoms with van der Waals surface area (Å²) in [4.78, 5) is 0. The number of sulfone groups is 1. The summed E-state index contributed by atoms with van der Waals surface area (Å²) in [6.07, 6.45) is 0.505. The van der Waals surface area contributed by atoms with Gasteiger partial charge in [0.25, 0.3) is 0 Å². The molecule has 4 nitrogen and oxygen atoms in total. The number of nitrogens with two attached hydrogens (primary N) is 1. The maximum absolute atomic E-state index is 12.1. The summed E-state index contributed by atoms with van der Waals surface area (Å²) < 4.78 is 29.0. The van der Waals surface area contributed by atoms with Crippen LogP contribution in [0.15, 0.2) is 30.3 Å². The van der Waals surface area contributed by atoms with Gasteiger partial charge in [-0.1, -0.05) is 30.3 Å². The van der Waals surface area contributed by atoms with Crippen LogP contribution in [0.1, 0.15) is 24.9 Å². The van der Waals surface area contributed by atoms with Gasteiger partial charge in [0.1, 0.15) is 0 Å². The van der Waals surface area contributed by atoms with Crippen molar-refractivity contribution >= 4 is 9.84 Å². The topological polar surface area (TPSA) is 69.4 Å². The number of methoxy groups -OCH3 is 1. The average molecular weight is 271 g/mol. The van der Waals surface area contributed by atoms with Crippen LogP contribution in [-0.4, -0.2) is 33.1 Å². The Morgan fingerprint density at radius 2 is 1.89 bits per heavy atom. The molecule has 18 heavy (non-hydrogen) atoms. The van der Waals surface area contributed by atoms with Crippen molar-refractivity contribution in [2.75, 3.05) is 19.5 Å². The van der Waals surface area contributed by atoms with Crippen LogP contribution >= 0.6 is 0 Å². The molecule has 2 N–H and O–H groups in total. The fourth-order valence-electron chi connectivity index (χ4n) is 1.76. The van der Waals surface area contributed by atoms with Gasteiger partial charge in [-0.3, -0.25) is 0 Å². The molecule has 2 atom stereocenters. The molecular weight excluding hydrogens is 250 g/mol. The summed E-state index contributed by atoms with van der Waals surface area (Å²) in [7, 11) is -1.62. The van der Waals surface area contributed by atoms with Crippen LogP contribution < -0.4 is 5.73 Å². The highest BCUT2D eigenvalue weighted by atomic mass is 32.2. The van der Waals surface area contributed by atoms with E-state index < -0.39 is 21.1 Å². The minimum atomic E-state index is -3.18. The zero-order valence-electron chi connectivity index (χ0n) is 10.9. The first-order valence-electron chi connectivity index (χ1n) is 6.00. The Balaban J connectivity index is 2.71.